The van der Waals surface area contributed by atoms with Gasteiger partial charge in [0.2, 0.25) is 0 Å². The van der Waals surface area contributed by atoms with E-state index >= 15 is 0 Å². The number of aromatic nitrogens is 1. The van der Waals surface area contributed by atoms with E-state index in [1.165, 1.54) is 6.26 Å². The number of fused-ring (bicyclic) bond motifs is 1. The number of piperidine rings is 1. The number of carbonyl (C=O) groups excluding carboxylic acids is 1. The van der Waals surface area contributed by atoms with Gasteiger partial charge in [-0.25, -0.2) is 8.42 Å². The molecule has 1 saturated heterocycles. The number of benzene rings is 1. The first-order valence-corrected chi connectivity index (χ1v) is 10.4. The van der Waals surface area contributed by atoms with Crippen LogP contribution in [-0.4, -0.2) is 48.9 Å². The normalized spacial score (nSPS) is 19.0. The molecule has 0 unspecified atom stereocenters. The van der Waals surface area contributed by atoms with Crippen molar-refractivity contribution in [2.75, 3.05) is 25.1 Å². The Morgan fingerprint density at radius 3 is 2.79 bits per heavy atom. The average Bonchev–Trinajstić information content (AvgIpc) is 2.84. The summed E-state index contributed by atoms with van der Waals surface area (Å²) >= 11 is 6.22. The number of hydrogen-bond acceptors (Lipinski definition) is 3. The molecule has 24 heavy (non-hydrogen) atoms. The Kier molecular flexibility index (Phi) is 4.62. The molecule has 1 atom stereocenters. The first kappa shape index (κ1) is 17.3. The standard InChI is InChI=1S/C17H21ClN2O3S/c1-19-15-7-3-6-14(18)13(15)9-16(19)17(21)20-8-4-5-12(10-20)11-24(2,22)23/h3,6-7,9,12H,4-5,8,10-11H2,1-2H3/t12-/m0/s1. The fraction of sp³-hybridized carbons (Fsp3) is 0.471. The summed E-state index contributed by atoms with van der Waals surface area (Å²) in [5, 5.41) is 1.48. The molecule has 1 fully saturated rings. The van der Waals surface area contributed by atoms with Crippen molar-refractivity contribution in [1.82, 2.24) is 9.47 Å². The van der Waals surface area contributed by atoms with Crippen molar-refractivity contribution in [2.24, 2.45) is 13.0 Å². The third-order valence-electron chi connectivity index (χ3n) is 4.60. The van der Waals surface area contributed by atoms with E-state index in [-0.39, 0.29) is 17.6 Å². The third kappa shape index (κ3) is 3.44. The first-order chi connectivity index (χ1) is 11.3. The van der Waals surface area contributed by atoms with Gasteiger partial charge in [-0.1, -0.05) is 17.7 Å². The molecule has 130 valence electrons. The van der Waals surface area contributed by atoms with Crippen LogP contribution in [0, 0.1) is 5.92 Å². The summed E-state index contributed by atoms with van der Waals surface area (Å²) in [5.41, 5.74) is 1.49. The van der Waals surface area contributed by atoms with Crippen LogP contribution < -0.4 is 0 Å². The van der Waals surface area contributed by atoms with E-state index in [9.17, 15) is 13.2 Å². The predicted molar refractivity (Wildman–Crippen MR) is 96.3 cm³/mol. The number of hydrogen-bond donors (Lipinski definition) is 0. The fourth-order valence-corrected chi connectivity index (χ4v) is 4.86. The molecule has 0 radical (unpaired) electrons. The SMILES string of the molecule is Cn1c(C(=O)N2CCC[C@H](CS(C)(=O)=O)C2)cc2c(Cl)cccc21. The largest absolute Gasteiger partial charge is 0.340 e. The number of amides is 1. The second kappa shape index (κ2) is 6.41. The summed E-state index contributed by atoms with van der Waals surface area (Å²) in [5.74, 6) is 0.0801. The highest BCUT2D eigenvalue weighted by Crippen LogP contribution is 2.28. The van der Waals surface area contributed by atoms with E-state index in [0.29, 0.717) is 23.8 Å². The van der Waals surface area contributed by atoms with Crippen LogP contribution in [0.25, 0.3) is 10.9 Å². The molecule has 2 heterocycles. The minimum atomic E-state index is -3.03. The van der Waals surface area contributed by atoms with Crippen molar-refractivity contribution in [3.63, 3.8) is 0 Å². The van der Waals surface area contributed by atoms with Crippen molar-refractivity contribution in [2.45, 2.75) is 12.8 Å². The lowest BCUT2D eigenvalue weighted by Crippen LogP contribution is -2.42. The molecule has 5 nitrogen and oxygen atoms in total. The van der Waals surface area contributed by atoms with Gasteiger partial charge >= 0.3 is 0 Å². The van der Waals surface area contributed by atoms with Crippen molar-refractivity contribution in [1.29, 1.82) is 0 Å². The highest BCUT2D eigenvalue weighted by Gasteiger charge is 2.28. The van der Waals surface area contributed by atoms with Crippen molar-refractivity contribution < 1.29 is 13.2 Å². The number of halogens is 1. The molecule has 3 rings (SSSR count). The number of nitrogens with zero attached hydrogens (tertiary/aromatic N) is 2. The maximum Gasteiger partial charge on any atom is 0.270 e. The van der Waals surface area contributed by atoms with Gasteiger partial charge in [-0.15, -0.1) is 0 Å². The topological polar surface area (TPSA) is 59.4 Å². The van der Waals surface area contributed by atoms with Crippen molar-refractivity contribution in [3.05, 3.63) is 35.0 Å². The Bertz CT molecular complexity index is 889. The molecule has 7 heteroatoms. The summed E-state index contributed by atoms with van der Waals surface area (Å²) in [6.07, 6.45) is 2.92. The first-order valence-electron chi connectivity index (χ1n) is 7.97. The Balaban J connectivity index is 1.86. The van der Waals surface area contributed by atoms with Gasteiger partial charge in [0.1, 0.15) is 15.5 Å². The Morgan fingerprint density at radius 1 is 1.38 bits per heavy atom. The van der Waals surface area contributed by atoms with E-state index in [4.69, 9.17) is 11.6 Å². The molecule has 0 aliphatic carbocycles. The zero-order chi connectivity index (χ0) is 17.5. The highest BCUT2D eigenvalue weighted by atomic mass is 35.5. The molecule has 0 N–H and O–H groups in total. The highest BCUT2D eigenvalue weighted by molar-refractivity contribution is 7.90. The van der Waals surface area contributed by atoms with Gasteiger partial charge in [-0.3, -0.25) is 4.79 Å². The number of sulfone groups is 1. The molecule has 1 aliphatic rings. The van der Waals surface area contributed by atoms with Crippen molar-refractivity contribution >= 4 is 38.2 Å². The van der Waals surface area contributed by atoms with Crippen LogP contribution in [0.4, 0.5) is 0 Å². The van der Waals surface area contributed by atoms with Gasteiger partial charge in [0.05, 0.1) is 5.75 Å². The van der Waals surface area contributed by atoms with Gasteiger partial charge in [-0.2, -0.15) is 0 Å². The number of likely N-dealkylation sites (tertiary alicyclic amines) is 1. The van der Waals surface area contributed by atoms with E-state index < -0.39 is 9.84 Å². The summed E-state index contributed by atoms with van der Waals surface area (Å²) in [6.45, 7) is 1.15. The van der Waals surface area contributed by atoms with Crippen LogP contribution in [0.2, 0.25) is 5.02 Å². The molecule has 2 aromatic rings. The van der Waals surface area contributed by atoms with Gasteiger partial charge in [0.15, 0.2) is 0 Å². The lowest BCUT2D eigenvalue weighted by molar-refractivity contribution is 0.0675. The van der Waals surface area contributed by atoms with Crippen LogP contribution >= 0.6 is 11.6 Å². The minimum absolute atomic E-state index is 0.0102. The lowest BCUT2D eigenvalue weighted by Gasteiger charge is -2.32. The van der Waals surface area contributed by atoms with Crippen LogP contribution in [0.5, 0.6) is 0 Å². The average molecular weight is 369 g/mol. The van der Waals surface area contributed by atoms with Gasteiger partial charge in [0.25, 0.3) is 5.91 Å². The zero-order valence-electron chi connectivity index (χ0n) is 13.8. The van der Waals surface area contributed by atoms with Gasteiger partial charge in [0, 0.05) is 42.3 Å². The number of rotatable bonds is 3. The van der Waals surface area contributed by atoms with Crippen LogP contribution in [0.3, 0.4) is 0 Å². The molecular weight excluding hydrogens is 348 g/mol. The maximum absolute atomic E-state index is 12.9. The second-order valence-corrected chi connectivity index (χ2v) is 9.21. The number of carbonyl (C=O) groups is 1. The number of aryl methyl sites for hydroxylation is 1. The molecule has 0 bridgehead atoms. The van der Waals surface area contributed by atoms with E-state index in [1.807, 2.05) is 29.8 Å². The molecule has 0 spiro atoms. The zero-order valence-corrected chi connectivity index (χ0v) is 15.4. The van der Waals surface area contributed by atoms with Gasteiger partial charge in [-0.05, 0) is 37.0 Å². The molecule has 0 saturated carbocycles. The fourth-order valence-electron chi connectivity index (χ4n) is 3.51. The minimum Gasteiger partial charge on any atom is -0.340 e. The monoisotopic (exact) mass is 368 g/mol. The molecule has 1 aliphatic heterocycles. The maximum atomic E-state index is 12.9. The van der Waals surface area contributed by atoms with Gasteiger partial charge < -0.3 is 9.47 Å². The Morgan fingerprint density at radius 2 is 2.12 bits per heavy atom. The van der Waals surface area contributed by atoms with E-state index in [2.05, 4.69) is 0 Å². The molecule has 1 aromatic heterocycles. The van der Waals surface area contributed by atoms with E-state index in [1.54, 1.807) is 11.0 Å². The molecule has 1 aromatic carbocycles. The second-order valence-electron chi connectivity index (χ2n) is 6.61. The van der Waals surface area contributed by atoms with E-state index in [0.717, 1.165) is 23.7 Å². The van der Waals surface area contributed by atoms with Crippen LogP contribution in [-0.2, 0) is 16.9 Å². The third-order valence-corrected chi connectivity index (χ3v) is 6.00. The summed E-state index contributed by atoms with van der Waals surface area (Å²) in [6, 6.07) is 7.42. The Hall–Kier alpha value is -1.53. The Labute approximate surface area is 147 Å². The van der Waals surface area contributed by atoms with Crippen molar-refractivity contribution in [3.8, 4) is 0 Å². The van der Waals surface area contributed by atoms with Crippen LogP contribution in [0.1, 0.15) is 23.3 Å². The van der Waals surface area contributed by atoms with Crippen LogP contribution in [0.15, 0.2) is 24.3 Å². The molecular formula is C17H21ClN2O3S. The summed E-state index contributed by atoms with van der Waals surface area (Å²) in [4.78, 5) is 14.7. The quantitative estimate of drug-likeness (QED) is 0.836. The summed E-state index contributed by atoms with van der Waals surface area (Å²) in [7, 11) is -1.18. The predicted octanol–water partition coefficient (Wildman–Crippen LogP) is 2.73. The smallest absolute Gasteiger partial charge is 0.270 e. The summed E-state index contributed by atoms with van der Waals surface area (Å²) < 4.78 is 24.9. The lowest BCUT2D eigenvalue weighted by atomic mass is 10.00. The molecule has 1 amide bonds.